The van der Waals surface area contributed by atoms with Crippen LogP contribution in [0.4, 0.5) is 0 Å². The smallest absolute Gasteiger partial charge is 0.162 e. The molecule has 0 fully saturated rings. The molecule has 0 radical (unpaired) electrons. The lowest BCUT2D eigenvalue weighted by Crippen LogP contribution is -2.18. The van der Waals surface area contributed by atoms with Crippen LogP contribution in [0.1, 0.15) is 36.6 Å². The normalized spacial score (nSPS) is 11.9. The predicted molar refractivity (Wildman–Crippen MR) is 128 cm³/mol. The van der Waals surface area contributed by atoms with Crippen molar-refractivity contribution >= 4 is 39.1 Å². The molecule has 3 aromatic carbocycles. The van der Waals surface area contributed by atoms with E-state index < -0.39 is 0 Å². The Morgan fingerprint density at radius 3 is 2.37 bits per heavy atom. The molecular weight excluding hydrogens is 485 g/mol. The molecule has 1 atom stereocenters. The van der Waals surface area contributed by atoms with Crippen molar-refractivity contribution in [3.8, 4) is 11.5 Å². The fraction of sp³-hybridized carbons (Fsp3) is 0.250. The molecule has 0 amide bonds. The van der Waals surface area contributed by atoms with Gasteiger partial charge in [-0.2, -0.15) is 0 Å². The maximum Gasteiger partial charge on any atom is 0.162 e. The first kappa shape index (κ1) is 23.0. The van der Waals surface area contributed by atoms with Crippen molar-refractivity contribution in [2.75, 3.05) is 6.61 Å². The molecule has 158 valence electrons. The summed E-state index contributed by atoms with van der Waals surface area (Å²) in [6.07, 6.45) is 0. The molecule has 0 aliphatic carbocycles. The summed E-state index contributed by atoms with van der Waals surface area (Å²) in [5.41, 5.74) is 3.21. The lowest BCUT2D eigenvalue weighted by atomic mass is 10.1. The van der Waals surface area contributed by atoms with E-state index in [0.717, 1.165) is 15.6 Å². The van der Waals surface area contributed by atoms with Gasteiger partial charge in [0.15, 0.2) is 11.5 Å². The van der Waals surface area contributed by atoms with Crippen LogP contribution in [0.3, 0.4) is 0 Å². The second-order valence-electron chi connectivity index (χ2n) is 6.86. The summed E-state index contributed by atoms with van der Waals surface area (Å²) in [6, 6.07) is 19.9. The Morgan fingerprint density at radius 2 is 1.67 bits per heavy atom. The highest BCUT2D eigenvalue weighted by Crippen LogP contribution is 2.35. The van der Waals surface area contributed by atoms with Crippen molar-refractivity contribution in [3.05, 3.63) is 91.9 Å². The summed E-state index contributed by atoms with van der Waals surface area (Å²) in [5.74, 6) is 1.37. The van der Waals surface area contributed by atoms with E-state index in [1.165, 1.54) is 5.56 Å². The number of halogens is 3. The Labute approximate surface area is 196 Å². The fourth-order valence-corrected chi connectivity index (χ4v) is 3.94. The molecule has 0 aliphatic rings. The van der Waals surface area contributed by atoms with Crippen LogP contribution < -0.4 is 14.8 Å². The van der Waals surface area contributed by atoms with Gasteiger partial charge in [0, 0.05) is 32.7 Å². The molecule has 0 aromatic heterocycles. The zero-order chi connectivity index (χ0) is 21.5. The van der Waals surface area contributed by atoms with Gasteiger partial charge in [-0.05, 0) is 49.2 Å². The Bertz CT molecular complexity index is 982. The van der Waals surface area contributed by atoms with Crippen LogP contribution in [-0.4, -0.2) is 6.61 Å². The van der Waals surface area contributed by atoms with Gasteiger partial charge in [-0.25, -0.2) is 0 Å². The summed E-state index contributed by atoms with van der Waals surface area (Å²) in [6.45, 7) is 5.68. The molecule has 30 heavy (non-hydrogen) atoms. The third-order valence-corrected chi connectivity index (χ3v) is 6.03. The van der Waals surface area contributed by atoms with Gasteiger partial charge >= 0.3 is 0 Å². The fourth-order valence-electron chi connectivity index (χ4n) is 3.01. The third-order valence-electron chi connectivity index (χ3n) is 4.71. The second-order valence-corrected chi connectivity index (χ2v) is 8.56. The van der Waals surface area contributed by atoms with Crippen LogP contribution in [0.15, 0.2) is 65.1 Å². The Balaban J connectivity index is 1.73. The summed E-state index contributed by atoms with van der Waals surface area (Å²) in [4.78, 5) is 0. The van der Waals surface area contributed by atoms with Crippen molar-refractivity contribution < 1.29 is 9.47 Å². The third kappa shape index (κ3) is 6.14. The SMILES string of the molecule is CCOc1cc(CNC(C)c2ccccc2)c(Br)cc1OCc1ccc(Cl)cc1Cl. The molecule has 1 N–H and O–H groups in total. The highest BCUT2D eigenvalue weighted by molar-refractivity contribution is 9.10. The molecule has 6 heteroatoms. The van der Waals surface area contributed by atoms with E-state index in [-0.39, 0.29) is 6.04 Å². The highest BCUT2D eigenvalue weighted by atomic mass is 79.9. The van der Waals surface area contributed by atoms with Gasteiger partial charge in [-0.15, -0.1) is 0 Å². The lowest BCUT2D eigenvalue weighted by Gasteiger charge is -2.18. The average Bonchev–Trinajstić information content (AvgIpc) is 2.74. The molecule has 0 bridgehead atoms. The minimum Gasteiger partial charge on any atom is -0.490 e. The van der Waals surface area contributed by atoms with E-state index in [0.29, 0.717) is 41.3 Å². The zero-order valence-corrected chi connectivity index (χ0v) is 20.0. The number of hydrogen-bond donors (Lipinski definition) is 1. The molecule has 0 saturated carbocycles. The second kappa shape index (κ2) is 11.1. The van der Waals surface area contributed by atoms with Crippen LogP contribution >= 0.6 is 39.1 Å². The highest BCUT2D eigenvalue weighted by Gasteiger charge is 2.13. The molecule has 0 heterocycles. The molecule has 3 rings (SSSR count). The van der Waals surface area contributed by atoms with Crippen LogP contribution in [0.5, 0.6) is 11.5 Å². The van der Waals surface area contributed by atoms with Crippen molar-refractivity contribution in [2.24, 2.45) is 0 Å². The number of nitrogens with one attached hydrogen (secondary N) is 1. The maximum atomic E-state index is 6.26. The zero-order valence-electron chi connectivity index (χ0n) is 16.9. The maximum absolute atomic E-state index is 6.26. The molecular formula is C24H24BrCl2NO2. The molecule has 3 nitrogen and oxygen atoms in total. The monoisotopic (exact) mass is 507 g/mol. The number of ether oxygens (including phenoxy) is 2. The largest absolute Gasteiger partial charge is 0.490 e. The lowest BCUT2D eigenvalue weighted by molar-refractivity contribution is 0.269. The molecule has 3 aromatic rings. The first-order valence-corrected chi connectivity index (χ1v) is 11.3. The van der Waals surface area contributed by atoms with Gasteiger partial charge in [0.05, 0.1) is 6.61 Å². The van der Waals surface area contributed by atoms with Gasteiger partial charge in [0.25, 0.3) is 0 Å². The molecule has 0 aliphatic heterocycles. The van der Waals surface area contributed by atoms with E-state index in [4.69, 9.17) is 32.7 Å². The minimum atomic E-state index is 0.233. The van der Waals surface area contributed by atoms with Gasteiger partial charge in [0.1, 0.15) is 6.61 Å². The molecule has 0 saturated heterocycles. The van der Waals surface area contributed by atoms with E-state index in [1.807, 2.05) is 31.2 Å². The van der Waals surface area contributed by atoms with Gasteiger partial charge in [-0.1, -0.05) is 75.5 Å². The first-order chi connectivity index (χ1) is 14.5. The predicted octanol–water partition coefficient (Wildman–Crippen LogP) is 7.58. The Hall–Kier alpha value is -1.72. The van der Waals surface area contributed by atoms with Crippen LogP contribution in [0.25, 0.3) is 0 Å². The Morgan fingerprint density at radius 1 is 0.933 bits per heavy atom. The van der Waals surface area contributed by atoms with E-state index in [1.54, 1.807) is 12.1 Å². The average molecular weight is 509 g/mol. The summed E-state index contributed by atoms with van der Waals surface area (Å²) < 4.78 is 12.8. The molecule has 1 unspecified atom stereocenters. The number of hydrogen-bond acceptors (Lipinski definition) is 3. The summed E-state index contributed by atoms with van der Waals surface area (Å²) in [5, 5.41) is 4.74. The van der Waals surface area contributed by atoms with Gasteiger partial charge < -0.3 is 14.8 Å². The van der Waals surface area contributed by atoms with Crippen molar-refractivity contribution in [1.29, 1.82) is 0 Å². The summed E-state index contributed by atoms with van der Waals surface area (Å²) >= 11 is 15.9. The number of rotatable bonds is 9. The summed E-state index contributed by atoms with van der Waals surface area (Å²) in [7, 11) is 0. The van der Waals surface area contributed by atoms with Crippen molar-refractivity contribution in [1.82, 2.24) is 5.32 Å². The molecule has 0 spiro atoms. The standard InChI is InChI=1S/C24H24BrCl2NO2/c1-3-29-23-11-19(14-28-16(2)17-7-5-4-6-8-17)21(25)13-24(23)30-15-18-9-10-20(26)12-22(18)27/h4-13,16,28H,3,14-15H2,1-2H3. The number of benzene rings is 3. The van der Waals surface area contributed by atoms with Crippen LogP contribution in [0.2, 0.25) is 10.0 Å². The Kier molecular flexibility index (Phi) is 8.46. The van der Waals surface area contributed by atoms with E-state index in [9.17, 15) is 0 Å². The van der Waals surface area contributed by atoms with Crippen LogP contribution in [0, 0.1) is 0 Å². The van der Waals surface area contributed by atoms with Gasteiger partial charge in [-0.3, -0.25) is 0 Å². The van der Waals surface area contributed by atoms with Crippen molar-refractivity contribution in [2.45, 2.75) is 33.0 Å². The van der Waals surface area contributed by atoms with Crippen molar-refractivity contribution in [3.63, 3.8) is 0 Å². The van der Waals surface area contributed by atoms with E-state index >= 15 is 0 Å². The minimum absolute atomic E-state index is 0.233. The first-order valence-electron chi connectivity index (χ1n) is 9.78. The quantitative estimate of drug-likeness (QED) is 0.323. The van der Waals surface area contributed by atoms with Crippen LogP contribution in [-0.2, 0) is 13.2 Å². The topological polar surface area (TPSA) is 30.5 Å². The van der Waals surface area contributed by atoms with E-state index in [2.05, 4.69) is 52.4 Å². The van der Waals surface area contributed by atoms with Gasteiger partial charge in [0.2, 0.25) is 0 Å².